The summed E-state index contributed by atoms with van der Waals surface area (Å²) in [6, 6.07) is 7.88. The first kappa shape index (κ1) is 32.9. The lowest BCUT2D eigenvalue weighted by atomic mass is 9.98. The molecule has 5 aromatic rings. The zero-order valence-electron chi connectivity index (χ0n) is 26.8. The fraction of sp³-hybridized carbons (Fsp3) is 0.211. The summed E-state index contributed by atoms with van der Waals surface area (Å²) in [4.78, 5) is 7.71. The van der Waals surface area contributed by atoms with Gasteiger partial charge >= 0.3 is 0 Å². The van der Waals surface area contributed by atoms with Crippen molar-refractivity contribution in [3.05, 3.63) is 103 Å². The number of benzene rings is 3. The fourth-order valence-corrected chi connectivity index (χ4v) is 9.15. The first-order chi connectivity index (χ1) is 23.9. The number of ether oxygens (including phenoxy) is 2. The maximum Gasteiger partial charge on any atom is 0.271 e. The molecule has 246 valence electrons. The molecule has 0 N–H and O–H groups in total. The number of hydrogen-bond acceptors (Lipinski definition) is 6. The summed E-state index contributed by atoms with van der Waals surface area (Å²) in [6.07, 6.45) is 0. The first-order valence-corrected chi connectivity index (χ1v) is 17.0. The van der Waals surface area contributed by atoms with Gasteiger partial charge in [-0.2, -0.15) is 0 Å². The van der Waals surface area contributed by atoms with Crippen LogP contribution in [-0.2, 0) is 0 Å². The molecule has 0 fully saturated rings. The smallest absolute Gasteiger partial charge is 0.271 e. The molecule has 2 aliphatic rings. The fourth-order valence-electron chi connectivity index (χ4n) is 6.39. The largest absolute Gasteiger partial charge is 0.491 e. The predicted molar refractivity (Wildman–Crippen MR) is 185 cm³/mol. The van der Waals surface area contributed by atoms with Crippen LogP contribution in [0.25, 0.3) is 63.3 Å². The van der Waals surface area contributed by atoms with Crippen molar-refractivity contribution < 1.29 is 27.0 Å². The summed E-state index contributed by atoms with van der Waals surface area (Å²) < 4.78 is 73.6. The van der Waals surface area contributed by atoms with Crippen LogP contribution in [0.1, 0.15) is 48.6 Å². The van der Waals surface area contributed by atoms with Gasteiger partial charge in [0.05, 0.1) is 47.9 Å². The van der Waals surface area contributed by atoms with Gasteiger partial charge < -0.3 is 9.47 Å². The topological polar surface area (TPSA) is 74.8 Å². The highest BCUT2D eigenvalue weighted by Gasteiger charge is 2.39. The predicted octanol–water partition coefficient (Wildman–Crippen LogP) is 11.1. The molecule has 2 aliphatic carbocycles. The van der Waals surface area contributed by atoms with Crippen LogP contribution >= 0.6 is 22.7 Å². The lowest BCUT2D eigenvalue weighted by Gasteiger charge is -2.18. The molecule has 0 spiro atoms. The Morgan fingerprint density at radius 1 is 0.660 bits per heavy atom. The summed E-state index contributed by atoms with van der Waals surface area (Å²) in [5.41, 5.74) is 1.53. The molecule has 2 heterocycles. The van der Waals surface area contributed by atoms with Crippen LogP contribution in [0, 0.1) is 70.9 Å². The van der Waals surface area contributed by atoms with Crippen molar-refractivity contribution in [3.63, 3.8) is 0 Å². The standard InChI is InChI=1S/C38H22F4N4O2S2/c1-15(2)13-47-33-31-29-19-9-23(41)21(39)7-17(19)27(25(11-43)45-5)35(29)50-38(31)34(48-14-16(3)4)32-30-20-10-24(42)22(40)8-18(20)28(26(12-44)46-6)36(30)49-37(32)33/h7-10,15-16H,13-14H2,1-4H3/b27-25-,28-26+. The third-order valence-corrected chi connectivity index (χ3v) is 10.8. The highest BCUT2D eigenvalue weighted by atomic mass is 32.1. The molecule has 0 radical (unpaired) electrons. The molecule has 0 unspecified atom stereocenters. The van der Waals surface area contributed by atoms with Crippen LogP contribution in [0.15, 0.2) is 35.7 Å². The monoisotopic (exact) mass is 706 g/mol. The second-order valence-electron chi connectivity index (χ2n) is 12.6. The second-order valence-corrected chi connectivity index (χ2v) is 14.6. The average molecular weight is 707 g/mol. The van der Waals surface area contributed by atoms with Crippen molar-refractivity contribution in [1.29, 1.82) is 10.5 Å². The zero-order valence-corrected chi connectivity index (χ0v) is 28.4. The van der Waals surface area contributed by atoms with Gasteiger partial charge in [0, 0.05) is 42.8 Å². The van der Waals surface area contributed by atoms with Crippen LogP contribution < -0.4 is 9.47 Å². The summed E-state index contributed by atoms with van der Waals surface area (Å²) in [5, 5.41) is 20.9. The van der Waals surface area contributed by atoms with E-state index in [1.165, 1.54) is 22.7 Å². The van der Waals surface area contributed by atoms with Crippen molar-refractivity contribution >= 4 is 54.0 Å². The van der Waals surface area contributed by atoms with Gasteiger partial charge in [-0.15, -0.1) is 22.7 Å². The maximum atomic E-state index is 15.0. The quantitative estimate of drug-likeness (QED) is 0.0980. The van der Waals surface area contributed by atoms with Crippen LogP contribution in [0.4, 0.5) is 17.6 Å². The summed E-state index contributed by atoms with van der Waals surface area (Å²) >= 11 is 2.34. The molecule has 6 nitrogen and oxygen atoms in total. The van der Waals surface area contributed by atoms with Gasteiger partial charge in [0.2, 0.25) is 0 Å². The number of nitriles is 2. The molecule has 0 saturated carbocycles. The molecule has 0 amide bonds. The van der Waals surface area contributed by atoms with Crippen LogP contribution in [0.2, 0.25) is 0 Å². The van der Waals surface area contributed by atoms with E-state index in [9.17, 15) is 28.1 Å². The number of fused-ring (bicyclic) bond motifs is 10. The van der Waals surface area contributed by atoms with Crippen molar-refractivity contribution in [1.82, 2.24) is 0 Å². The van der Waals surface area contributed by atoms with Crippen LogP contribution in [0.5, 0.6) is 11.5 Å². The maximum absolute atomic E-state index is 15.0. The molecule has 0 saturated heterocycles. The van der Waals surface area contributed by atoms with E-state index in [0.717, 1.165) is 24.3 Å². The average Bonchev–Trinajstić information content (AvgIpc) is 3.80. The van der Waals surface area contributed by atoms with Gasteiger partial charge in [-0.1, -0.05) is 27.7 Å². The van der Waals surface area contributed by atoms with E-state index in [1.807, 2.05) is 39.8 Å². The van der Waals surface area contributed by atoms with Gasteiger partial charge in [-0.25, -0.2) is 37.8 Å². The minimum Gasteiger partial charge on any atom is -0.491 e. The molecule has 0 atom stereocenters. The van der Waals surface area contributed by atoms with Crippen molar-refractivity contribution in [2.45, 2.75) is 27.7 Å². The van der Waals surface area contributed by atoms with E-state index >= 15 is 0 Å². The van der Waals surface area contributed by atoms with Crippen LogP contribution in [-0.4, -0.2) is 13.2 Å². The van der Waals surface area contributed by atoms with E-state index in [1.54, 1.807) is 0 Å². The second kappa shape index (κ2) is 12.0. The number of halogens is 4. The molecule has 0 bridgehead atoms. The zero-order chi connectivity index (χ0) is 35.8. The van der Waals surface area contributed by atoms with Crippen molar-refractivity contribution in [2.75, 3.05) is 13.2 Å². The normalized spacial score (nSPS) is 14.5. The van der Waals surface area contributed by atoms with Gasteiger partial charge in [0.1, 0.15) is 11.5 Å². The molecule has 0 aliphatic heterocycles. The third-order valence-electron chi connectivity index (χ3n) is 8.37. The number of thiophene rings is 2. The Balaban J connectivity index is 1.74. The van der Waals surface area contributed by atoms with Crippen molar-refractivity contribution in [3.8, 4) is 45.9 Å². The van der Waals surface area contributed by atoms with E-state index in [2.05, 4.69) is 9.69 Å². The Morgan fingerprint density at radius 2 is 1.00 bits per heavy atom. The lowest BCUT2D eigenvalue weighted by Crippen LogP contribution is -2.07. The minimum absolute atomic E-state index is 0.0395. The minimum atomic E-state index is -1.13. The van der Waals surface area contributed by atoms with E-state index < -0.39 is 23.3 Å². The molecular weight excluding hydrogens is 685 g/mol. The Labute approximate surface area is 292 Å². The molecule has 50 heavy (non-hydrogen) atoms. The summed E-state index contributed by atoms with van der Waals surface area (Å²) in [5.74, 6) is -3.72. The van der Waals surface area contributed by atoms with Crippen molar-refractivity contribution in [2.24, 2.45) is 11.8 Å². The lowest BCUT2D eigenvalue weighted by molar-refractivity contribution is 0.273. The molecular formula is C38H22F4N4O2S2. The Kier molecular flexibility index (Phi) is 7.91. The first-order valence-electron chi connectivity index (χ1n) is 15.3. The van der Waals surface area contributed by atoms with Gasteiger partial charge in [0.25, 0.3) is 11.4 Å². The Morgan fingerprint density at radius 3 is 1.30 bits per heavy atom. The van der Waals surface area contributed by atoms with Crippen LogP contribution in [0.3, 0.4) is 0 Å². The van der Waals surface area contributed by atoms with Gasteiger partial charge in [-0.3, -0.25) is 0 Å². The Bertz CT molecular complexity index is 2390. The number of allylic oxidation sites excluding steroid dienone is 2. The van der Waals surface area contributed by atoms with Gasteiger partial charge in [0.15, 0.2) is 23.3 Å². The number of nitrogens with zero attached hydrogens (tertiary/aromatic N) is 4. The Hall–Kier alpha value is -5.66. The molecule has 7 rings (SSSR count). The molecule has 2 aromatic heterocycles. The highest BCUT2D eigenvalue weighted by Crippen LogP contribution is 2.64. The molecule has 3 aromatic carbocycles. The SMILES string of the molecule is [C-]#[N+]/C(C#N)=C1/c2cc(F)c(F)cc2-c2c1sc1c(OCC(C)C)c3c4c(sc3c(OCC(C)C)c21)/C(=C(\C#N)[N+]#[C-])c1cc(F)c(F)cc1-4. The summed E-state index contributed by atoms with van der Waals surface area (Å²) in [7, 11) is 0. The number of rotatable bonds is 6. The summed E-state index contributed by atoms with van der Waals surface area (Å²) in [6.45, 7) is 23.7. The van der Waals surface area contributed by atoms with E-state index in [4.69, 9.17) is 22.6 Å². The van der Waals surface area contributed by atoms with E-state index in [0.29, 0.717) is 52.6 Å². The third kappa shape index (κ3) is 4.68. The highest BCUT2D eigenvalue weighted by molar-refractivity contribution is 7.23. The van der Waals surface area contributed by atoms with Gasteiger partial charge in [-0.05, 0) is 58.4 Å². The molecule has 12 heteroatoms. The number of hydrogen-bond donors (Lipinski definition) is 0. The van der Waals surface area contributed by atoms with E-state index in [-0.39, 0.29) is 69.8 Å².